The van der Waals surface area contributed by atoms with Crippen molar-refractivity contribution < 1.29 is 24.2 Å². The van der Waals surface area contributed by atoms with Gasteiger partial charge in [-0.1, -0.05) is 66.7 Å². The minimum Gasteiger partial charge on any atom is -0.508 e. The topological polar surface area (TPSA) is 107 Å². The molecule has 0 amide bonds. The third kappa shape index (κ3) is 7.90. The van der Waals surface area contributed by atoms with Crippen LogP contribution in [0.4, 0.5) is 0 Å². The minimum absolute atomic E-state index is 0.0441. The van der Waals surface area contributed by atoms with Crippen molar-refractivity contribution in [1.29, 1.82) is 0 Å². The number of ether oxygens (including phenoxy) is 1. The monoisotopic (exact) mass is 473 g/mol. The zero-order valence-electron chi connectivity index (χ0n) is 19.9. The lowest BCUT2D eigenvalue weighted by Crippen LogP contribution is -2.34. The number of hydrogen-bond donors (Lipinski definition) is 2. The molecule has 3 rings (SSSR count). The molecule has 2 atom stereocenters. The first-order valence-corrected chi connectivity index (χ1v) is 11.7. The molecular weight excluding hydrogens is 442 g/mol. The first-order chi connectivity index (χ1) is 16.8. The molecule has 182 valence electrons. The fourth-order valence-corrected chi connectivity index (χ4v) is 3.98. The quantitative estimate of drug-likeness (QED) is 0.291. The summed E-state index contributed by atoms with van der Waals surface area (Å²) in [6, 6.07) is 22.4. The number of aromatic hydroxyl groups is 1. The molecule has 0 radical (unpaired) electrons. The summed E-state index contributed by atoms with van der Waals surface area (Å²) >= 11 is 0. The summed E-state index contributed by atoms with van der Waals surface area (Å²) in [6.07, 6.45) is 1.18. The van der Waals surface area contributed by atoms with Crippen LogP contribution in [0.5, 0.6) is 5.75 Å². The Bertz CT molecular complexity index is 1140. The van der Waals surface area contributed by atoms with Crippen LogP contribution in [0.2, 0.25) is 0 Å². The van der Waals surface area contributed by atoms with Gasteiger partial charge < -0.3 is 20.4 Å². The molecular formula is C29H31NO5. The second-order valence-corrected chi connectivity index (χ2v) is 8.72. The summed E-state index contributed by atoms with van der Waals surface area (Å²) in [5.41, 5.74) is 8.82. The first kappa shape index (κ1) is 25.8. The molecule has 0 aliphatic rings. The third-order valence-electron chi connectivity index (χ3n) is 5.91. The zero-order chi connectivity index (χ0) is 25.2. The molecule has 6 heteroatoms. The smallest absolute Gasteiger partial charge is 0.323 e. The van der Waals surface area contributed by atoms with Crippen LogP contribution in [0.1, 0.15) is 59.2 Å². The average Bonchev–Trinajstić information content (AvgIpc) is 2.86. The molecule has 0 fully saturated rings. The highest BCUT2D eigenvalue weighted by Gasteiger charge is 2.23. The predicted octanol–water partition coefficient (Wildman–Crippen LogP) is 4.73. The Balaban J connectivity index is 1.72. The zero-order valence-corrected chi connectivity index (χ0v) is 19.9. The van der Waals surface area contributed by atoms with Gasteiger partial charge in [-0.3, -0.25) is 9.59 Å². The van der Waals surface area contributed by atoms with E-state index in [2.05, 4.69) is 0 Å². The lowest BCUT2D eigenvalue weighted by molar-refractivity contribution is -0.146. The average molecular weight is 474 g/mol. The molecule has 35 heavy (non-hydrogen) atoms. The van der Waals surface area contributed by atoms with E-state index in [4.69, 9.17) is 10.5 Å². The second-order valence-electron chi connectivity index (χ2n) is 8.72. The van der Waals surface area contributed by atoms with Crippen molar-refractivity contribution in [3.8, 4) is 5.75 Å². The molecule has 1 unspecified atom stereocenters. The number of ketones is 2. The highest BCUT2D eigenvalue weighted by atomic mass is 16.5. The number of benzene rings is 3. The van der Waals surface area contributed by atoms with E-state index in [-0.39, 0.29) is 42.7 Å². The van der Waals surface area contributed by atoms with Gasteiger partial charge >= 0.3 is 5.97 Å². The highest BCUT2D eigenvalue weighted by Crippen LogP contribution is 2.29. The van der Waals surface area contributed by atoms with Gasteiger partial charge in [0.15, 0.2) is 5.78 Å². The number of phenols is 1. The van der Waals surface area contributed by atoms with Gasteiger partial charge in [-0.25, -0.2) is 0 Å². The number of carbonyl (C=O) groups excluding carboxylic acids is 3. The summed E-state index contributed by atoms with van der Waals surface area (Å²) in [7, 11) is 0. The van der Waals surface area contributed by atoms with Crippen LogP contribution >= 0.6 is 0 Å². The van der Waals surface area contributed by atoms with Gasteiger partial charge in [-0.15, -0.1) is 0 Å². The van der Waals surface area contributed by atoms with E-state index in [9.17, 15) is 19.5 Å². The molecule has 3 aromatic rings. The SMILES string of the molecule is CC(=O)CCC(CC(=O)c1cc(O)ccc1C[C@H](N)C(=O)OCc1ccccc1)c1ccccc1. The molecule has 3 N–H and O–H groups in total. The Morgan fingerprint density at radius 2 is 1.60 bits per heavy atom. The van der Waals surface area contributed by atoms with Gasteiger partial charge in [-0.05, 0) is 54.5 Å². The standard InChI is InChI=1S/C29H31NO5/c1-20(31)12-13-23(22-10-6-3-7-11-22)17-28(33)26-18-25(32)15-14-24(26)16-27(30)29(34)35-19-21-8-4-2-5-9-21/h2-11,14-15,18,23,27,32H,12-13,16-17,19,30H2,1H3/t23?,27-/m0/s1. The lowest BCUT2D eigenvalue weighted by atomic mass is 9.86. The Morgan fingerprint density at radius 3 is 2.26 bits per heavy atom. The number of rotatable bonds is 12. The van der Waals surface area contributed by atoms with Gasteiger partial charge in [0.05, 0.1) is 0 Å². The van der Waals surface area contributed by atoms with E-state index in [1.807, 2.05) is 60.7 Å². The van der Waals surface area contributed by atoms with E-state index in [1.165, 1.54) is 19.1 Å². The van der Waals surface area contributed by atoms with Crippen LogP contribution in [0.3, 0.4) is 0 Å². The van der Waals surface area contributed by atoms with Crippen molar-refractivity contribution in [3.63, 3.8) is 0 Å². The van der Waals surface area contributed by atoms with E-state index in [1.54, 1.807) is 6.07 Å². The lowest BCUT2D eigenvalue weighted by Gasteiger charge is -2.18. The van der Waals surface area contributed by atoms with Crippen LogP contribution in [-0.4, -0.2) is 28.7 Å². The van der Waals surface area contributed by atoms with Gasteiger partial charge in [-0.2, -0.15) is 0 Å². The molecule has 0 spiro atoms. The highest BCUT2D eigenvalue weighted by molar-refractivity contribution is 5.98. The molecule has 0 aliphatic carbocycles. The first-order valence-electron chi connectivity index (χ1n) is 11.7. The van der Waals surface area contributed by atoms with Crippen molar-refractivity contribution in [2.75, 3.05) is 0 Å². The Kier molecular flexibility index (Phi) is 9.32. The second kappa shape index (κ2) is 12.6. The fraction of sp³-hybridized carbons (Fsp3) is 0.276. The van der Waals surface area contributed by atoms with Gasteiger partial charge in [0.1, 0.15) is 24.2 Å². The Hall–Kier alpha value is -3.77. The maximum atomic E-state index is 13.4. The molecule has 6 nitrogen and oxygen atoms in total. The Labute approximate surface area is 205 Å². The minimum atomic E-state index is -0.961. The number of carbonyl (C=O) groups is 3. The van der Waals surface area contributed by atoms with Crippen LogP contribution in [0, 0.1) is 0 Å². The van der Waals surface area contributed by atoms with Crippen LogP contribution < -0.4 is 5.73 Å². The normalized spacial score (nSPS) is 12.5. The van der Waals surface area contributed by atoms with Crippen LogP contribution in [0.15, 0.2) is 78.9 Å². The number of Topliss-reactive ketones (excluding diaryl/α,β-unsaturated/α-hetero) is 2. The Morgan fingerprint density at radius 1 is 0.943 bits per heavy atom. The van der Waals surface area contributed by atoms with Crippen molar-refractivity contribution in [2.24, 2.45) is 5.73 Å². The van der Waals surface area contributed by atoms with E-state index in [0.717, 1.165) is 11.1 Å². The largest absolute Gasteiger partial charge is 0.508 e. The van der Waals surface area contributed by atoms with E-state index < -0.39 is 12.0 Å². The molecule has 0 saturated carbocycles. The van der Waals surface area contributed by atoms with Crippen LogP contribution in [-0.2, 0) is 27.4 Å². The number of nitrogens with two attached hydrogens (primary N) is 1. The van der Waals surface area contributed by atoms with Gasteiger partial charge in [0.2, 0.25) is 0 Å². The molecule has 0 aromatic heterocycles. The summed E-state index contributed by atoms with van der Waals surface area (Å²) < 4.78 is 5.33. The number of phenolic OH excluding ortho intramolecular Hbond substituents is 1. The molecule has 0 bridgehead atoms. The predicted molar refractivity (Wildman–Crippen MR) is 134 cm³/mol. The maximum Gasteiger partial charge on any atom is 0.323 e. The van der Waals surface area contributed by atoms with E-state index in [0.29, 0.717) is 24.0 Å². The molecule has 0 heterocycles. The van der Waals surface area contributed by atoms with Crippen molar-refractivity contribution in [3.05, 3.63) is 101 Å². The van der Waals surface area contributed by atoms with Gasteiger partial charge in [0.25, 0.3) is 0 Å². The maximum absolute atomic E-state index is 13.4. The van der Waals surface area contributed by atoms with Gasteiger partial charge in [0, 0.05) is 18.4 Å². The van der Waals surface area contributed by atoms with E-state index >= 15 is 0 Å². The van der Waals surface area contributed by atoms with Crippen molar-refractivity contribution in [2.45, 2.75) is 51.2 Å². The summed E-state index contributed by atoms with van der Waals surface area (Å²) in [6.45, 7) is 1.65. The molecule has 0 saturated heterocycles. The summed E-state index contributed by atoms with van der Waals surface area (Å²) in [5, 5.41) is 10.0. The third-order valence-corrected chi connectivity index (χ3v) is 5.91. The summed E-state index contributed by atoms with van der Waals surface area (Å²) in [5.74, 6) is -0.872. The fourth-order valence-electron chi connectivity index (χ4n) is 3.98. The van der Waals surface area contributed by atoms with Crippen molar-refractivity contribution in [1.82, 2.24) is 0 Å². The number of esters is 1. The molecule has 0 aliphatic heterocycles. The number of hydrogen-bond acceptors (Lipinski definition) is 6. The molecule has 3 aromatic carbocycles. The summed E-state index contributed by atoms with van der Waals surface area (Å²) in [4.78, 5) is 37.4. The van der Waals surface area contributed by atoms with Crippen molar-refractivity contribution >= 4 is 17.5 Å². The van der Waals surface area contributed by atoms with Crippen LogP contribution in [0.25, 0.3) is 0 Å².